The molecule has 1 aromatic heterocycles. The molecule has 130 valence electrons. The lowest BCUT2D eigenvalue weighted by molar-refractivity contribution is -0.140. The van der Waals surface area contributed by atoms with Gasteiger partial charge in [-0.1, -0.05) is 42.1 Å². The van der Waals surface area contributed by atoms with Crippen LogP contribution in [0, 0.1) is 23.7 Å². The van der Waals surface area contributed by atoms with Gasteiger partial charge in [0.25, 0.3) is 11.8 Å². The molecule has 3 aliphatic rings. The van der Waals surface area contributed by atoms with Crippen molar-refractivity contribution in [2.45, 2.75) is 16.4 Å². The summed E-state index contributed by atoms with van der Waals surface area (Å²) in [5.74, 6) is 0.0865. The van der Waals surface area contributed by atoms with Crippen LogP contribution in [0.3, 0.4) is 0 Å². The maximum atomic E-state index is 12.6. The monoisotopic (exact) mass is 364 g/mol. The zero-order chi connectivity index (χ0) is 17.7. The number of benzene rings is 1. The van der Waals surface area contributed by atoms with E-state index in [0.717, 1.165) is 21.4 Å². The van der Waals surface area contributed by atoms with E-state index in [2.05, 4.69) is 17.3 Å². The summed E-state index contributed by atoms with van der Waals surface area (Å²) in [6, 6.07) is 13.5. The molecule has 6 heteroatoms. The third kappa shape index (κ3) is 2.44. The summed E-state index contributed by atoms with van der Waals surface area (Å²) in [5.41, 5.74) is 0. The Morgan fingerprint density at radius 1 is 1.00 bits per heavy atom. The zero-order valence-electron chi connectivity index (χ0n) is 13.8. The lowest BCUT2D eigenvalue weighted by Crippen LogP contribution is -2.28. The molecule has 0 unspecified atom stereocenters. The molecule has 2 fully saturated rings. The first-order valence-electron chi connectivity index (χ1n) is 8.63. The van der Waals surface area contributed by atoms with E-state index < -0.39 is 0 Å². The van der Waals surface area contributed by atoms with Gasteiger partial charge in [0.15, 0.2) is 5.09 Å². The molecule has 0 N–H and O–H groups in total. The number of allylic oxidation sites excluding steroid dienone is 2. The predicted molar refractivity (Wildman–Crippen MR) is 96.4 cm³/mol. The van der Waals surface area contributed by atoms with E-state index in [1.165, 1.54) is 18.0 Å². The van der Waals surface area contributed by atoms with Gasteiger partial charge in [-0.15, -0.1) is 0 Å². The fourth-order valence-electron chi connectivity index (χ4n) is 4.18. The van der Waals surface area contributed by atoms with E-state index in [0.29, 0.717) is 5.76 Å². The first kappa shape index (κ1) is 15.6. The van der Waals surface area contributed by atoms with Crippen molar-refractivity contribution in [3.8, 4) is 0 Å². The second-order valence-electron chi connectivity index (χ2n) is 6.80. The molecule has 2 aliphatic carbocycles. The second kappa shape index (κ2) is 5.99. The largest absolute Gasteiger partial charge is 0.448 e. The first-order valence-corrected chi connectivity index (χ1v) is 9.45. The second-order valence-corrected chi connectivity index (χ2v) is 7.88. The van der Waals surface area contributed by atoms with Gasteiger partial charge >= 0.3 is 0 Å². The van der Waals surface area contributed by atoms with E-state index in [9.17, 15) is 9.59 Å². The molecule has 26 heavy (non-hydrogen) atoms. The molecule has 0 spiro atoms. The highest BCUT2D eigenvalue weighted by atomic mass is 32.2. The van der Waals surface area contributed by atoms with Crippen molar-refractivity contribution < 1.29 is 14.0 Å². The van der Waals surface area contributed by atoms with Gasteiger partial charge in [-0.2, -0.15) is 10.1 Å². The first-order chi connectivity index (χ1) is 12.7. The quantitative estimate of drug-likeness (QED) is 0.473. The average molecular weight is 364 g/mol. The van der Waals surface area contributed by atoms with E-state index in [-0.39, 0.29) is 35.5 Å². The summed E-state index contributed by atoms with van der Waals surface area (Å²) in [7, 11) is 0. The Morgan fingerprint density at radius 3 is 2.38 bits per heavy atom. The Balaban J connectivity index is 1.31. The summed E-state index contributed by atoms with van der Waals surface area (Å²) < 4.78 is 5.72. The third-order valence-corrected chi connectivity index (χ3v) is 6.24. The number of carbonyl (C=O) groups is 2. The smallest absolute Gasteiger partial charge is 0.254 e. The Hall–Kier alpha value is -2.60. The molecule has 2 amide bonds. The number of fused-ring (bicyclic) bond motifs is 5. The van der Waals surface area contributed by atoms with Crippen molar-refractivity contribution >= 4 is 29.8 Å². The van der Waals surface area contributed by atoms with Crippen molar-refractivity contribution in [1.82, 2.24) is 5.01 Å². The van der Waals surface area contributed by atoms with Crippen LogP contribution >= 0.6 is 11.8 Å². The van der Waals surface area contributed by atoms with Crippen molar-refractivity contribution in [3.05, 3.63) is 60.4 Å². The lowest BCUT2D eigenvalue weighted by atomic mass is 9.85. The molecule has 2 heterocycles. The number of amides is 2. The Kier molecular flexibility index (Phi) is 3.60. The Labute approximate surface area is 154 Å². The number of furan rings is 1. The van der Waals surface area contributed by atoms with Gasteiger partial charge in [-0.05, 0) is 42.5 Å². The van der Waals surface area contributed by atoms with Crippen molar-refractivity contribution in [3.63, 3.8) is 0 Å². The molecule has 0 radical (unpaired) electrons. The topological polar surface area (TPSA) is 62.9 Å². The number of nitrogens with zero attached hydrogens (tertiary/aromatic N) is 2. The highest BCUT2D eigenvalue weighted by Crippen LogP contribution is 2.52. The zero-order valence-corrected chi connectivity index (χ0v) is 14.6. The van der Waals surface area contributed by atoms with Crippen molar-refractivity contribution in [2.24, 2.45) is 28.8 Å². The minimum atomic E-state index is -0.226. The molecule has 2 bridgehead atoms. The van der Waals surface area contributed by atoms with Gasteiger partial charge in [-0.3, -0.25) is 9.59 Å². The van der Waals surface area contributed by atoms with Crippen LogP contribution < -0.4 is 0 Å². The van der Waals surface area contributed by atoms with Crippen LogP contribution in [0.15, 0.2) is 74.1 Å². The minimum Gasteiger partial charge on any atom is -0.448 e. The number of hydrogen-bond donors (Lipinski definition) is 0. The van der Waals surface area contributed by atoms with Gasteiger partial charge < -0.3 is 4.42 Å². The molecule has 5 rings (SSSR count). The summed E-state index contributed by atoms with van der Waals surface area (Å²) >= 11 is 1.51. The Morgan fingerprint density at radius 2 is 1.69 bits per heavy atom. The third-order valence-electron chi connectivity index (χ3n) is 5.31. The summed E-state index contributed by atoms with van der Waals surface area (Å²) in [4.78, 5) is 26.2. The van der Waals surface area contributed by atoms with E-state index in [1.807, 2.05) is 36.4 Å². The van der Waals surface area contributed by atoms with Crippen molar-refractivity contribution in [2.75, 3.05) is 0 Å². The molecule has 1 saturated carbocycles. The highest BCUT2D eigenvalue weighted by molar-refractivity contribution is 7.99. The maximum Gasteiger partial charge on any atom is 0.254 e. The van der Waals surface area contributed by atoms with Crippen LogP contribution in [0.4, 0.5) is 0 Å². The lowest BCUT2D eigenvalue weighted by Gasteiger charge is -2.13. The fourth-order valence-corrected chi connectivity index (χ4v) is 4.98. The van der Waals surface area contributed by atoms with Crippen LogP contribution in [-0.4, -0.2) is 23.0 Å². The number of imide groups is 1. The number of carbonyl (C=O) groups excluding carboxylic acids is 2. The molecule has 2 aromatic rings. The Bertz CT molecular complexity index is 904. The van der Waals surface area contributed by atoms with Crippen molar-refractivity contribution in [1.29, 1.82) is 0 Å². The summed E-state index contributed by atoms with van der Waals surface area (Å²) in [5, 5.41) is 5.90. The number of hydrogen-bond acceptors (Lipinski definition) is 5. The van der Waals surface area contributed by atoms with Gasteiger partial charge in [0.2, 0.25) is 0 Å². The minimum absolute atomic E-state index is 0.182. The van der Waals surface area contributed by atoms with Crippen LogP contribution in [0.1, 0.15) is 12.2 Å². The van der Waals surface area contributed by atoms with Crippen LogP contribution in [-0.2, 0) is 9.59 Å². The molecule has 1 saturated heterocycles. The SMILES string of the molecule is O=C1[C@@H]2[C@H](C(=O)N1N=Cc1ccc(Sc3ccccc3)o1)[C@H]1C=C[C@H]2C1. The standard InChI is InChI=1S/C20H16N2O3S/c23-19-17-12-6-7-13(10-12)18(17)20(24)22(19)21-11-14-8-9-16(25-14)26-15-4-2-1-3-5-15/h1-9,11-13,17-18H,10H2/t12-,13-,17-,18+/m0/s1. The molecular weight excluding hydrogens is 348 g/mol. The van der Waals surface area contributed by atoms with Crippen LogP contribution in [0.5, 0.6) is 0 Å². The highest BCUT2D eigenvalue weighted by Gasteiger charge is 2.59. The van der Waals surface area contributed by atoms with E-state index >= 15 is 0 Å². The molecule has 1 aromatic carbocycles. The van der Waals surface area contributed by atoms with E-state index in [1.54, 1.807) is 6.07 Å². The summed E-state index contributed by atoms with van der Waals surface area (Å²) in [6.07, 6.45) is 6.51. The molecule has 1 aliphatic heterocycles. The van der Waals surface area contributed by atoms with Gasteiger partial charge in [0.05, 0.1) is 18.1 Å². The average Bonchev–Trinajstić information content (AvgIpc) is 3.41. The van der Waals surface area contributed by atoms with Gasteiger partial charge in [0.1, 0.15) is 5.76 Å². The predicted octanol–water partition coefficient (Wildman–Crippen LogP) is 3.57. The van der Waals surface area contributed by atoms with Crippen LogP contribution in [0.25, 0.3) is 0 Å². The fraction of sp³-hybridized carbons (Fsp3) is 0.250. The normalized spacial score (nSPS) is 29.3. The van der Waals surface area contributed by atoms with Crippen LogP contribution in [0.2, 0.25) is 0 Å². The molecule has 5 nitrogen and oxygen atoms in total. The molecule has 4 atom stereocenters. The maximum absolute atomic E-state index is 12.6. The van der Waals surface area contributed by atoms with E-state index in [4.69, 9.17) is 4.42 Å². The summed E-state index contributed by atoms with van der Waals surface area (Å²) in [6.45, 7) is 0. The van der Waals surface area contributed by atoms with Gasteiger partial charge in [-0.25, -0.2) is 0 Å². The molecular formula is C20H16N2O3S. The number of hydrazone groups is 1. The number of rotatable bonds is 4. The van der Waals surface area contributed by atoms with Gasteiger partial charge in [0, 0.05) is 4.90 Å².